The van der Waals surface area contributed by atoms with Gasteiger partial charge in [-0.25, -0.2) is 4.79 Å². The summed E-state index contributed by atoms with van der Waals surface area (Å²) in [6, 6.07) is 11.5. The third-order valence-corrected chi connectivity index (χ3v) is 5.36. The summed E-state index contributed by atoms with van der Waals surface area (Å²) in [5.41, 5.74) is 2.30. The number of Topliss-reactive ketones (excluding diaryl/α,β-unsaturated/α-hetero) is 1. The Kier molecular flexibility index (Phi) is 6.33. The van der Waals surface area contributed by atoms with Gasteiger partial charge in [-0.3, -0.25) is 9.78 Å². The van der Waals surface area contributed by atoms with Crippen molar-refractivity contribution in [3.05, 3.63) is 82.1 Å². The molecule has 0 fully saturated rings. The molecule has 1 aromatic heterocycles. The summed E-state index contributed by atoms with van der Waals surface area (Å²) < 4.78 is 16.6. The van der Waals surface area contributed by atoms with Crippen molar-refractivity contribution in [3.8, 4) is 23.0 Å². The number of pyridine rings is 1. The van der Waals surface area contributed by atoms with E-state index in [4.69, 9.17) is 25.8 Å². The van der Waals surface area contributed by atoms with Gasteiger partial charge in [0.25, 0.3) is 0 Å². The molecule has 4 rings (SSSR count). The fourth-order valence-corrected chi connectivity index (χ4v) is 3.60. The fourth-order valence-electron chi connectivity index (χ4n) is 3.49. The number of halogens is 1. The van der Waals surface area contributed by atoms with Crippen molar-refractivity contribution in [1.29, 1.82) is 0 Å². The van der Waals surface area contributed by atoms with Gasteiger partial charge in [0, 0.05) is 24.4 Å². The maximum absolute atomic E-state index is 12.7. The molecule has 0 saturated heterocycles. The number of ether oxygens (including phenoxy) is 3. The predicted molar refractivity (Wildman–Crippen MR) is 122 cm³/mol. The smallest absolute Gasteiger partial charge is 0.336 e. The number of aryl methyl sites for hydroxylation is 1. The minimum Gasteiger partial charge on any atom is -0.507 e. The maximum Gasteiger partial charge on any atom is 0.336 e. The van der Waals surface area contributed by atoms with E-state index in [0.717, 1.165) is 11.1 Å². The van der Waals surface area contributed by atoms with Crippen LogP contribution in [0.1, 0.15) is 39.7 Å². The van der Waals surface area contributed by atoms with Crippen LogP contribution in [0.2, 0.25) is 5.02 Å². The van der Waals surface area contributed by atoms with E-state index in [-0.39, 0.29) is 35.0 Å². The number of nitrogens with zero attached hydrogens (tertiary/aromatic N) is 1. The number of ketones is 1. The Morgan fingerprint density at radius 2 is 2.06 bits per heavy atom. The van der Waals surface area contributed by atoms with Gasteiger partial charge in [-0.2, -0.15) is 0 Å². The van der Waals surface area contributed by atoms with Gasteiger partial charge in [-0.05, 0) is 42.3 Å². The molecule has 1 N–H and O–H groups in total. The van der Waals surface area contributed by atoms with Crippen LogP contribution in [-0.4, -0.2) is 29.0 Å². The second kappa shape index (κ2) is 9.34. The van der Waals surface area contributed by atoms with E-state index in [1.807, 2.05) is 25.1 Å². The predicted octanol–water partition coefficient (Wildman–Crippen LogP) is 5.08. The maximum atomic E-state index is 12.7. The van der Waals surface area contributed by atoms with Crippen molar-refractivity contribution in [2.45, 2.75) is 19.4 Å². The number of carbonyl (C=O) groups excluding carboxylic acids is 2. The van der Waals surface area contributed by atoms with Gasteiger partial charge in [0.05, 0.1) is 24.2 Å². The van der Waals surface area contributed by atoms with Crippen molar-refractivity contribution in [2.24, 2.45) is 0 Å². The minimum atomic E-state index is -0.687. The molecule has 33 heavy (non-hydrogen) atoms. The van der Waals surface area contributed by atoms with Gasteiger partial charge in [0.15, 0.2) is 5.78 Å². The molecule has 0 radical (unpaired) electrons. The van der Waals surface area contributed by atoms with Crippen LogP contribution in [0.15, 0.2) is 54.7 Å². The SMILES string of the molecule is COc1cc([C@@H]2CC(=O)c3c(O)cc(OC(=O)/C=C/c4ccc(Cl)cn4)cc3O2)ccc1C. The molecule has 0 spiro atoms. The highest BCUT2D eigenvalue weighted by molar-refractivity contribution is 6.30. The summed E-state index contributed by atoms with van der Waals surface area (Å²) in [7, 11) is 1.57. The van der Waals surface area contributed by atoms with E-state index >= 15 is 0 Å². The molecule has 7 nitrogen and oxygen atoms in total. The average Bonchev–Trinajstić information content (AvgIpc) is 2.78. The van der Waals surface area contributed by atoms with E-state index < -0.39 is 12.1 Å². The van der Waals surface area contributed by atoms with Crippen molar-refractivity contribution < 1.29 is 28.9 Å². The molecule has 8 heteroatoms. The van der Waals surface area contributed by atoms with Crippen LogP contribution in [0, 0.1) is 6.92 Å². The fraction of sp³-hybridized carbons (Fsp3) is 0.160. The largest absolute Gasteiger partial charge is 0.507 e. The van der Waals surface area contributed by atoms with E-state index in [2.05, 4.69) is 4.98 Å². The van der Waals surface area contributed by atoms with Gasteiger partial charge in [0.1, 0.15) is 34.7 Å². The number of benzene rings is 2. The van der Waals surface area contributed by atoms with Crippen LogP contribution < -0.4 is 14.2 Å². The zero-order chi connectivity index (χ0) is 23.5. The molecule has 0 aliphatic carbocycles. The number of rotatable bonds is 5. The van der Waals surface area contributed by atoms with Crippen LogP contribution >= 0.6 is 11.6 Å². The molecule has 2 heterocycles. The average molecular weight is 466 g/mol. The number of esters is 1. The van der Waals surface area contributed by atoms with Gasteiger partial charge >= 0.3 is 5.97 Å². The highest BCUT2D eigenvalue weighted by Gasteiger charge is 2.31. The van der Waals surface area contributed by atoms with Crippen LogP contribution in [0.4, 0.5) is 0 Å². The van der Waals surface area contributed by atoms with Crippen LogP contribution in [0.25, 0.3) is 6.08 Å². The van der Waals surface area contributed by atoms with E-state index in [1.54, 1.807) is 19.2 Å². The van der Waals surface area contributed by atoms with Crippen LogP contribution in [0.3, 0.4) is 0 Å². The number of fused-ring (bicyclic) bond motifs is 1. The number of hydrogen-bond acceptors (Lipinski definition) is 7. The van der Waals surface area contributed by atoms with E-state index in [1.165, 1.54) is 30.5 Å². The van der Waals surface area contributed by atoms with Crippen molar-refractivity contribution >= 4 is 29.4 Å². The molecular weight excluding hydrogens is 446 g/mol. The normalized spacial score (nSPS) is 15.1. The van der Waals surface area contributed by atoms with E-state index in [9.17, 15) is 14.7 Å². The van der Waals surface area contributed by atoms with Gasteiger partial charge in [0.2, 0.25) is 0 Å². The number of phenolic OH excluding ortho intramolecular Hbond substituents is 1. The van der Waals surface area contributed by atoms with Crippen LogP contribution in [-0.2, 0) is 4.79 Å². The number of phenols is 1. The summed E-state index contributed by atoms with van der Waals surface area (Å²) in [5.74, 6) is -0.412. The molecule has 3 aromatic rings. The lowest BCUT2D eigenvalue weighted by Crippen LogP contribution is -2.21. The van der Waals surface area contributed by atoms with E-state index in [0.29, 0.717) is 16.5 Å². The summed E-state index contributed by atoms with van der Waals surface area (Å²) in [6.07, 6.45) is 3.61. The Balaban J connectivity index is 1.55. The molecular formula is C25H20ClNO6. The topological polar surface area (TPSA) is 95.0 Å². The second-order valence-corrected chi connectivity index (χ2v) is 7.87. The second-order valence-electron chi connectivity index (χ2n) is 7.43. The lowest BCUT2D eigenvalue weighted by atomic mass is 9.95. The standard InChI is InChI=1S/C25H20ClNO6/c1-14-3-4-15(9-21(14)31-2)22-12-20(29)25-19(28)10-18(11-23(25)33-22)32-24(30)8-7-17-6-5-16(26)13-27-17/h3-11,13,22,28H,12H2,1-2H3/b8-7+/t22-/m0/s1. The lowest BCUT2D eigenvalue weighted by molar-refractivity contribution is -0.128. The Labute approximate surface area is 195 Å². The monoisotopic (exact) mass is 465 g/mol. The zero-order valence-corrected chi connectivity index (χ0v) is 18.6. The van der Waals surface area contributed by atoms with Gasteiger partial charge in [-0.1, -0.05) is 23.7 Å². The summed E-state index contributed by atoms with van der Waals surface area (Å²) in [5, 5.41) is 10.9. The Morgan fingerprint density at radius 1 is 1.24 bits per heavy atom. The molecule has 0 bridgehead atoms. The Bertz CT molecular complexity index is 1250. The van der Waals surface area contributed by atoms with Gasteiger partial charge < -0.3 is 19.3 Å². The lowest BCUT2D eigenvalue weighted by Gasteiger charge is -2.26. The zero-order valence-electron chi connectivity index (χ0n) is 17.9. The van der Waals surface area contributed by atoms with Crippen molar-refractivity contribution in [3.63, 3.8) is 0 Å². The first kappa shape index (κ1) is 22.4. The minimum absolute atomic E-state index is 0.0416. The van der Waals surface area contributed by atoms with Crippen molar-refractivity contribution in [1.82, 2.24) is 4.98 Å². The Morgan fingerprint density at radius 3 is 2.79 bits per heavy atom. The third-order valence-electron chi connectivity index (χ3n) is 5.14. The number of hydrogen-bond donors (Lipinski definition) is 1. The highest BCUT2D eigenvalue weighted by atomic mass is 35.5. The summed E-state index contributed by atoms with van der Waals surface area (Å²) in [4.78, 5) is 29.0. The number of aromatic nitrogens is 1. The molecule has 2 aromatic carbocycles. The summed E-state index contributed by atoms with van der Waals surface area (Å²) in [6.45, 7) is 1.92. The quantitative estimate of drug-likeness (QED) is 0.319. The first-order chi connectivity index (χ1) is 15.8. The first-order valence-electron chi connectivity index (χ1n) is 10.1. The third kappa shape index (κ3) is 4.99. The molecule has 168 valence electrons. The van der Waals surface area contributed by atoms with Gasteiger partial charge in [-0.15, -0.1) is 0 Å². The molecule has 1 aliphatic rings. The summed E-state index contributed by atoms with van der Waals surface area (Å²) >= 11 is 5.79. The molecule has 0 unspecified atom stereocenters. The molecule has 1 atom stereocenters. The first-order valence-corrected chi connectivity index (χ1v) is 10.4. The Hall–Kier alpha value is -3.84. The number of carbonyl (C=O) groups is 2. The van der Waals surface area contributed by atoms with Crippen LogP contribution in [0.5, 0.6) is 23.0 Å². The molecule has 1 aliphatic heterocycles. The number of aromatic hydroxyl groups is 1. The molecule has 0 amide bonds. The number of methoxy groups -OCH3 is 1. The van der Waals surface area contributed by atoms with Crippen molar-refractivity contribution in [2.75, 3.05) is 7.11 Å². The highest BCUT2D eigenvalue weighted by Crippen LogP contribution is 2.42. The molecule has 0 saturated carbocycles.